The summed E-state index contributed by atoms with van der Waals surface area (Å²) in [6, 6.07) is -1.71. The van der Waals surface area contributed by atoms with Gasteiger partial charge in [0.1, 0.15) is 27.3 Å². The minimum atomic E-state index is -1.64. The minimum Gasteiger partial charge on any atom is -0.457 e. The Kier molecular flexibility index (Phi) is 9.76. The Bertz CT molecular complexity index is 1210. The predicted molar refractivity (Wildman–Crippen MR) is 142 cm³/mol. The Labute approximate surface area is 233 Å². The molecule has 0 bridgehead atoms. The quantitative estimate of drug-likeness (QED) is 0.0742. The first-order valence-corrected chi connectivity index (χ1v) is 12.8. The van der Waals surface area contributed by atoms with Crippen molar-refractivity contribution in [2.45, 2.75) is 84.3 Å². The second-order valence-corrected chi connectivity index (χ2v) is 12.4. The van der Waals surface area contributed by atoms with E-state index in [0.717, 1.165) is 11.3 Å². The number of nitrogens with one attached hydrogen (secondary N) is 3. The van der Waals surface area contributed by atoms with Crippen molar-refractivity contribution in [2.24, 2.45) is 10.3 Å². The summed E-state index contributed by atoms with van der Waals surface area (Å²) in [6.45, 7) is 12.7. The van der Waals surface area contributed by atoms with E-state index in [-0.39, 0.29) is 21.7 Å². The molecule has 1 saturated heterocycles. The van der Waals surface area contributed by atoms with Crippen LogP contribution in [0.25, 0.3) is 10.4 Å². The largest absolute Gasteiger partial charge is 0.457 e. The fourth-order valence-electron chi connectivity index (χ4n) is 2.78. The fourth-order valence-corrected chi connectivity index (χ4v) is 3.81. The smallest absolute Gasteiger partial charge is 0.413 e. The van der Waals surface area contributed by atoms with Crippen LogP contribution in [0.1, 0.15) is 61.1 Å². The van der Waals surface area contributed by atoms with Gasteiger partial charge in [-0.15, -0.1) is 0 Å². The van der Waals surface area contributed by atoms with E-state index in [1.807, 2.05) is 0 Å². The number of azide groups is 1. The fraction of sp³-hybridized carbons (Fsp3) is 0.636. The molecule has 39 heavy (non-hydrogen) atoms. The third-order valence-corrected chi connectivity index (χ3v) is 5.70. The van der Waals surface area contributed by atoms with Crippen LogP contribution < -0.4 is 16.0 Å². The number of nitrogens with zero attached hydrogens (tertiary/aromatic N) is 5. The Morgan fingerprint density at radius 1 is 1.13 bits per heavy atom. The summed E-state index contributed by atoms with van der Waals surface area (Å²) in [6.07, 6.45) is -0.809. The van der Waals surface area contributed by atoms with Crippen LogP contribution in [0.3, 0.4) is 0 Å². The maximum Gasteiger partial charge on any atom is 0.413 e. The van der Waals surface area contributed by atoms with E-state index in [2.05, 4.69) is 36.1 Å². The van der Waals surface area contributed by atoms with Gasteiger partial charge in [0, 0.05) is 11.5 Å². The number of β-lactam (4-membered cyclic amide) rings is 1. The van der Waals surface area contributed by atoms with Gasteiger partial charge in [0.15, 0.2) is 10.8 Å². The van der Waals surface area contributed by atoms with Gasteiger partial charge in [0.2, 0.25) is 11.5 Å². The molecule has 3 N–H and O–H groups in total. The van der Waals surface area contributed by atoms with Crippen LogP contribution >= 0.6 is 22.9 Å². The van der Waals surface area contributed by atoms with E-state index in [9.17, 15) is 19.2 Å². The molecule has 2 heterocycles. The van der Waals surface area contributed by atoms with Crippen molar-refractivity contribution in [1.29, 1.82) is 0 Å². The number of anilines is 1. The molecule has 0 unspecified atom stereocenters. The maximum atomic E-state index is 13.3. The molecule has 15 nitrogen and oxygen atoms in total. The van der Waals surface area contributed by atoms with Crippen LogP contribution in [-0.4, -0.2) is 70.0 Å². The Balaban J connectivity index is 2.39. The zero-order chi connectivity index (χ0) is 29.8. The van der Waals surface area contributed by atoms with Gasteiger partial charge < -0.3 is 24.9 Å². The SMILES string of the molecule is CC(C)(C)OC(=O)Nc1nc(/C(=N/OC(C)(C)C(=O)OC(C)(C)C)C(=O)N[C@@H]2C(=O)N[C@@H]2CN=[N+]=[N-])c(Cl)s1. The molecule has 1 aromatic heterocycles. The maximum absolute atomic E-state index is 13.3. The zero-order valence-electron chi connectivity index (χ0n) is 22.7. The van der Waals surface area contributed by atoms with Gasteiger partial charge in [-0.1, -0.05) is 33.2 Å². The number of carbonyl (C=O) groups is 4. The number of rotatable bonds is 9. The van der Waals surface area contributed by atoms with Gasteiger partial charge in [-0.25, -0.2) is 14.6 Å². The second kappa shape index (κ2) is 12.1. The van der Waals surface area contributed by atoms with Crippen molar-refractivity contribution in [2.75, 3.05) is 11.9 Å². The Morgan fingerprint density at radius 3 is 2.28 bits per heavy atom. The first kappa shape index (κ1) is 31.6. The van der Waals surface area contributed by atoms with Crippen LogP contribution in [0.15, 0.2) is 10.3 Å². The summed E-state index contributed by atoms with van der Waals surface area (Å²) in [4.78, 5) is 62.3. The monoisotopic (exact) mass is 586 g/mol. The number of hydrogen-bond donors (Lipinski definition) is 3. The number of amides is 3. The lowest BCUT2D eigenvalue weighted by Gasteiger charge is -2.36. The van der Waals surface area contributed by atoms with Gasteiger partial charge in [-0.2, -0.15) is 0 Å². The highest BCUT2D eigenvalue weighted by Gasteiger charge is 2.41. The minimum absolute atomic E-state index is 0.0150. The number of carbonyl (C=O) groups excluding carboxylic acids is 4. The molecule has 0 spiro atoms. The molecule has 1 fully saturated rings. The molecular weight excluding hydrogens is 556 g/mol. The van der Waals surface area contributed by atoms with Crippen molar-refractivity contribution < 1.29 is 33.5 Å². The Morgan fingerprint density at radius 2 is 1.74 bits per heavy atom. The van der Waals surface area contributed by atoms with Gasteiger partial charge in [0.05, 0.1) is 6.04 Å². The molecule has 0 aromatic carbocycles. The van der Waals surface area contributed by atoms with Crippen molar-refractivity contribution in [3.8, 4) is 0 Å². The van der Waals surface area contributed by atoms with Crippen LogP contribution in [0.5, 0.6) is 0 Å². The number of thiazole rings is 1. The van der Waals surface area contributed by atoms with Crippen molar-refractivity contribution in [1.82, 2.24) is 15.6 Å². The normalized spacial score (nSPS) is 17.7. The topological polar surface area (TPSA) is 206 Å². The van der Waals surface area contributed by atoms with Crippen LogP contribution in [-0.2, 0) is 28.7 Å². The van der Waals surface area contributed by atoms with Crippen LogP contribution in [0.4, 0.5) is 9.93 Å². The summed E-state index contributed by atoms with van der Waals surface area (Å²) in [5.41, 5.74) is 4.62. The van der Waals surface area contributed by atoms with Crippen molar-refractivity contribution in [3.05, 3.63) is 20.5 Å². The molecule has 2 atom stereocenters. The number of hydrogen-bond acceptors (Lipinski definition) is 11. The molecule has 1 aromatic rings. The number of ether oxygens (including phenoxy) is 2. The second-order valence-electron chi connectivity index (χ2n) is 10.8. The van der Waals surface area contributed by atoms with Crippen LogP contribution in [0, 0.1) is 0 Å². The highest BCUT2D eigenvalue weighted by Crippen LogP contribution is 2.30. The molecule has 1 aliphatic heterocycles. The summed E-state index contributed by atoms with van der Waals surface area (Å²) in [7, 11) is 0. The predicted octanol–water partition coefficient (Wildman–Crippen LogP) is 3.28. The summed E-state index contributed by atoms with van der Waals surface area (Å²) in [5.74, 6) is -2.22. The molecule has 214 valence electrons. The average Bonchev–Trinajstić information content (AvgIpc) is 3.11. The van der Waals surface area contributed by atoms with E-state index in [1.165, 1.54) is 13.8 Å². The lowest BCUT2D eigenvalue weighted by molar-refractivity contribution is -0.179. The lowest BCUT2D eigenvalue weighted by atomic mass is 9.99. The number of esters is 1. The lowest BCUT2D eigenvalue weighted by Crippen LogP contribution is -2.70. The molecule has 0 radical (unpaired) electrons. The average molecular weight is 587 g/mol. The number of oxime groups is 1. The molecule has 1 aliphatic rings. The van der Waals surface area contributed by atoms with Crippen LogP contribution in [0.2, 0.25) is 4.34 Å². The van der Waals surface area contributed by atoms with E-state index in [1.54, 1.807) is 41.5 Å². The molecule has 0 aliphatic carbocycles. The van der Waals surface area contributed by atoms with E-state index >= 15 is 0 Å². The number of halogens is 1. The van der Waals surface area contributed by atoms with Gasteiger partial charge >= 0.3 is 12.1 Å². The molecule has 0 saturated carbocycles. The highest BCUT2D eigenvalue weighted by molar-refractivity contribution is 7.20. The van der Waals surface area contributed by atoms with Crippen molar-refractivity contribution >= 4 is 57.7 Å². The van der Waals surface area contributed by atoms with E-state index < -0.39 is 58.5 Å². The van der Waals surface area contributed by atoms with E-state index in [0.29, 0.717) is 0 Å². The standard InChI is InChI=1S/C22H31ClN8O7S/c1-20(2,3)36-17(34)22(7,8)38-30-13(16(33)27-11-10(9-25-31-24)26-15(11)32)12-14(23)39-18(28-12)29-19(35)37-21(4,5)6/h10-11H,9H2,1-8H3,(H,26,32)(H,27,33)(H,28,29,35)/b30-13-/t10-,11+/m1/s1. The Hall–Kier alpha value is -3.62. The third-order valence-electron chi connectivity index (χ3n) is 4.53. The molecule has 3 amide bonds. The molecule has 2 rings (SSSR count). The van der Waals surface area contributed by atoms with Gasteiger partial charge in [-0.3, -0.25) is 14.9 Å². The molecule has 17 heteroatoms. The molecular formula is C22H31ClN8O7S. The van der Waals surface area contributed by atoms with Gasteiger partial charge in [0.25, 0.3) is 5.91 Å². The summed E-state index contributed by atoms with van der Waals surface area (Å²) in [5, 5.41) is 14.6. The zero-order valence-corrected chi connectivity index (χ0v) is 24.3. The first-order valence-electron chi connectivity index (χ1n) is 11.6. The highest BCUT2D eigenvalue weighted by atomic mass is 35.5. The first-order chi connectivity index (χ1) is 17.8. The summed E-state index contributed by atoms with van der Waals surface area (Å²) < 4.78 is 10.5. The number of aromatic nitrogens is 1. The third kappa shape index (κ3) is 9.26. The summed E-state index contributed by atoms with van der Waals surface area (Å²) >= 11 is 7.14. The van der Waals surface area contributed by atoms with Gasteiger partial charge in [-0.05, 0) is 60.9 Å². The van der Waals surface area contributed by atoms with Crippen molar-refractivity contribution in [3.63, 3.8) is 0 Å². The van der Waals surface area contributed by atoms with E-state index in [4.69, 9.17) is 31.4 Å².